The molecule has 3 N–H and O–H groups in total. The third kappa shape index (κ3) is 432000. The van der Waals surface area contributed by atoms with E-state index in [0.29, 0.717) is 0 Å². The van der Waals surface area contributed by atoms with Gasteiger partial charge in [-0.15, -0.1) is 0 Å². The van der Waals surface area contributed by atoms with E-state index >= 15 is 0 Å². The monoisotopic (exact) mass is 234 g/mol. The molecule has 0 rings (SSSR count). The molecule has 0 aliphatic rings. The first-order chi connectivity index (χ1) is 5.20. The van der Waals surface area contributed by atoms with Gasteiger partial charge in [0.25, 0.3) is 17.9 Å². The third-order valence-corrected chi connectivity index (χ3v) is 0. The van der Waals surface area contributed by atoms with E-state index in [4.69, 9.17) is 29.7 Å². The molecule has 8 heteroatoms. The molecule has 0 saturated carbocycles. The van der Waals surface area contributed by atoms with Crippen LogP contribution in [-0.4, -0.2) is 50.6 Å². The second kappa shape index (κ2) is 23.1. The van der Waals surface area contributed by atoms with Crippen molar-refractivity contribution in [1.82, 2.24) is 0 Å². The van der Waals surface area contributed by atoms with E-state index in [1.165, 1.54) is 0 Å². The molecular formula is C6H16AlNaO6. The molecule has 0 saturated heterocycles. The van der Waals surface area contributed by atoms with Gasteiger partial charge in [-0.3, -0.25) is 14.4 Å². The zero-order valence-electron chi connectivity index (χ0n) is 9.07. The van der Waals surface area contributed by atoms with Crippen LogP contribution in [0.2, 0.25) is 0 Å². The van der Waals surface area contributed by atoms with E-state index in [2.05, 4.69) is 0 Å². The van der Waals surface area contributed by atoms with Crippen LogP contribution in [0.25, 0.3) is 0 Å². The maximum absolute atomic E-state index is 9.00. The van der Waals surface area contributed by atoms with Gasteiger partial charge in [-0.2, -0.15) is 0 Å². The Morgan fingerprint density at radius 3 is 0.786 bits per heavy atom. The Kier molecular flexibility index (Phi) is 48.2. The molecule has 0 aromatic heterocycles. The summed E-state index contributed by atoms with van der Waals surface area (Å²) in [6.45, 7) is 3.25. The minimum absolute atomic E-state index is 0. The number of carboxylic acid groups (broad SMARTS) is 3. The average Bonchev–Trinajstić information content (AvgIpc) is 1.54. The van der Waals surface area contributed by atoms with Gasteiger partial charge in [0, 0.05) is 20.8 Å². The fourth-order valence-corrected chi connectivity index (χ4v) is 0. The average molecular weight is 234 g/mol. The van der Waals surface area contributed by atoms with E-state index in [9.17, 15) is 0 Å². The van der Waals surface area contributed by atoms with Gasteiger partial charge in [-0.1, -0.05) is 0 Å². The predicted octanol–water partition coefficient (Wildman–Crippen LogP) is -3.79. The Hall–Kier alpha value is -0.0575. The molecule has 6 nitrogen and oxygen atoms in total. The number of rotatable bonds is 0. The van der Waals surface area contributed by atoms with Gasteiger partial charge in [0.1, 0.15) is 0 Å². The van der Waals surface area contributed by atoms with Crippen molar-refractivity contribution in [2.75, 3.05) is 0 Å². The van der Waals surface area contributed by atoms with Crippen LogP contribution >= 0.6 is 0 Å². The second-order valence-electron chi connectivity index (χ2n) is 1.56. The maximum atomic E-state index is 9.00. The molecule has 80 valence electrons. The van der Waals surface area contributed by atoms with E-state index in [1.54, 1.807) is 0 Å². The molecule has 0 aliphatic heterocycles. The number of aliphatic carboxylic acids is 3. The topological polar surface area (TPSA) is 112 Å². The van der Waals surface area contributed by atoms with Crippen molar-refractivity contribution in [2.45, 2.75) is 20.8 Å². The molecule has 0 aromatic carbocycles. The number of hydrogen-bond acceptors (Lipinski definition) is 3. The molecule has 0 fully saturated rings. The number of hydrogen-bond donors (Lipinski definition) is 3. The van der Waals surface area contributed by atoms with Crippen LogP contribution < -0.4 is 29.6 Å². The van der Waals surface area contributed by atoms with Gasteiger partial charge in [0.15, 0.2) is 17.4 Å². The second-order valence-corrected chi connectivity index (χ2v) is 1.56. The first-order valence-corrected chi connectivity index (χ1v) is 2.78. The molecule has 0 spiro atoms. The summed E-state index contributed by atoms with van der Waals surface area (Å²) in [7, 11) is 0. The van der Waals surface area contributed by atoms with Gasteiger partial charge >= 0.3 is 29.6 Å². The van der Waals surface area contributed by atoms with Gasteiger partial charge in [-0.05, 0) is 0 Å². The van der Waals surface area contributed by atoms with Crippen molar-refractivity contribution in [3.8, 4) is 0 Å². The Morgan fingerprint density at radius 2 is 0.786 bits per heavy atom. The molecule has 0 bridgehead atoms. The van der Waals surface area contributed by atoms with Crippen molar-refractivity contribution < 1.29 is 60.7 Å². The molecule has 0 unspecified atom stereocenters. The minimum Gasteiger partial charge on any atom is -1.00 e. The summed E-state index contributed by atoms with van der Waals surface area (Å²) in [6.07, 6.45) is 0. The van der Waals surface area contributed by atoms with Crippen molar-refractivity contribution >= 4 is 35.3 Å². The summed E-state index contributed by atoms with van der Waals surface area (Å²) in [4.78, 5) is 27.0. The van der Waals surface area contributed by atoms with E-state index in [0.717, 1.165) is 20.8 Å². The van der Waals surface area contributed by atoms with Crippen molar-refractivity contribution in [1.29, 1.82) is 0 Å². The Morgan fingerprint density at radius 1 is 0.786 bits per heavy atom. The fourth-order valence-electron chi connectivity index (χ4n) is 0. The molecule has 0 aromatic rings. The van der Waals surface area contributed by atoms with Crippen LogP contribution in [-0.2, 0) is 14.4 Å². The summed E-state index contributed by atoms with van der Waals surface area (Å²) in [5.74, 6) is -2.50. The summed E-state index contributed by atoms with van der Waals surface area (Å²) in [5, 5.41) is 22.2. The molecule has 14 heavy (non-hydrogen) atoms. The Bertz CT molecular complexity index is 125. The molecule has 0 heterocycles. The van der Waals surface area contributed by atoms with Crippen molar-refractivity contribution in [2.24, 2.45) is 0 Å². The largest absolute Gasteiger partial charge is 1.00 e. The van der Waals surface area contributed by atoms with E-state index < -0.39 is 17.9 Å². The van der Waals surface area contributed by atoms with Crippen LogP contribution in [0.1, 0.15) is 22.2 Å². The van der Waals surface area contributed by atoms with Gasteiger partial charge in [0.2, 0.25) is 0 Å². The van der Waals surface area contributed by atoms with Crippen molar-refractivity contribution in [3.05, 3.63) is 0 Å². The molecule has 0 atom stereocenters. The summed E-state index contributed by atoms with van der Waals surface area (Å²) in [5.41, 5.74) is 0. The van der Waals surface area contributed by atoms with Crippen LogP contribution in [0.5, 0.6) is 0 Å². The quantitative estimate of drug-likeness (QED) is 0.371. The predicted molar refractivity (Wildman–Crippen MR) is 51.0 cm³/mol. The number of carbonyl (C=O) groups is 3. The van der Waals surface area contributed by atoms with Gasteiger partial charge < -0.3 is 16.7 Å². The SMILES string of the molecule is CC(=O)O.CC(=O)O.CC(=O)O.[AlH3].[H-].[Na+]. The van der Waals surface area contributed by atoms with Crippen LogP contribution in [0.4, 0.5) is 0 Å². The van der Waals surface area contributed by atoms with Crippen LogP contribution in [0.3, 0.4) is 0 Å². The molecule has 0 radical (unpaired) electrons. The van der Waals surface area contributed by atoms with Crippen LogP contribution in [0.15, 0.2) is 0 Å². The number of carboxylic acids is 3. The third-order valence-electron chi connectivity index (χ3n) is 0. The smallest absolute Gasteiger partial charge is 1.00 e. The molecule has 0 aliphatic carbocycles. The fraction of sp³-hybridized carbons (Fsp3) is 0.500. The minimum atomic E-state index is -0.833. The summed E-state index contributed by atoms with van der Waals surface area (Å²) < 4.78 is 0. The Balaban J connectivity index is -0.0000000184. The normalized spacial score (nSPS) is 5.36. The van der Waals surface area contributed by atoms with Gasteiger partial charge in [0.05, 0.1) is 0 Å². The zero-order valence-corrected chi connectivity index (χ0v) is 10.1. The van der Waals surface area contributed by atoms with Gasteiger partial charge in [-0.25, -0.2) is 0 Å². The van der Waals surface area contributed by atoms with Crippen LogP contribution in [0, 0.1) is 0 Å². The van der Waals surface area contributed by atoms with E-state index in [1.807, 2.05) is 0 Å². The maximum Gasteiger partial charge on any atom is 1.00 e. The first-order valence-electron chi connectivity index (χ1n) is 2.78. The first kappa shape index (κ1) is 29.2. The zero-order chi connectivity index (χ0) is 10.7. The molecule has 0 amide bonds. The van der Waals surface area contributed by atoms with Crippen molar-refractivity contribution in [3.63, 3.8) is 0 Å². The summed E-state index contributed by atoms with van der Waals surface area (Å²) in [6, 6.07) is 0. The molecular weight excluding hydrogens is 218 g/mol. The van der Waals surface area contributed by atoms with E-state index in [-0.39, 0.29) is 48.3 Å². The standard InChI is InChI=1S/3C2H4O2.Al.Na.4H/c3*1-2(3)4;;;;;;/h3*1H3,(H,3,4);;;;;;/q;;;;+1;;;;-1. The summed E-state index contributed by atoms with van der Waals surface area (Å²) >= 11 is 0. The Labute approximate surface area is 116 Å².